The lowest BCUT2D eigenvalue weighted by atomic mass is 9.79. The number of ether oxygens (including phenoxy) is 1. The van der Waals surface area contributed by atoms with Crippen LogP contribution in [0.2, 0.25) is 0 Å². The first kappa shape index (κ1) is 12.9. The minimum atomic E-state index is -0.230. The summed E-state index contributed by atoms with van der Waals surface area (Å²) in [5.74, 6) is 0.562. The van der Waals surface area contributed by atoms with Crippen molar-refractivity contribution in [2.45, 2.75) is 63.0 Å². The van der Waals surface area contributed by atoms with Crippen molar-refractivity contribution in [1.82, 2.24) is 0 Å². The molecule has 1 saturated carbocycles. The summed E-state index contributed by atoms with van der Waals surface area (Å²) >= 11 is 0. The Bertz CT molecular complexity index is 452. The molecule has 0 saturated heterocycles. The normalized spacial score (nSPS) is 26.1. The van der Waals surface area contributed by atoms with Gasteiger partial charge in [0.25, 0.3) is 0 Å². The van der Waals surface area contributed by atoms with E-state index in [1.54, 1.807) is 6.07 Å². The van der Waals surface area contributed by atoms with Gasteiger partial charge in [-0.05, 0) is 43.9 Å². The van der Waals surface area contributed by atoms with Gasteiger partial charge < -0.3 is 10.5 Å². The Labute approximate surface area is 114 Å². The van der Waals surface area contributed by atoms with E-state index in [2.05, 4.69) is 0 Å². The van der Waals surface area contributed by atoms with Crippen molar-refractivity contribution in [3.05, 3.63) is 29.6 Å². The van der Waals surface area contributed by atoms with Crippen molar-refractivity contribution in [3.8, 4) is 5.75 Å². The van der Waals surface area contributed by atoms with Crippen LogP contribution in [0.4, 0.5) is 4.39 Å². The topological polar surface area (TPSA) is 35.2 Å². The Balaban J connectivity index is 1.88. The molecule has 19 heavy (non-hydrogen) atoms. The number of fused-ring (bicyclic) bond motifs is 1. The second-order valence-electron chi connectivity index (χ2n) is 6.05. The number of benzene rings is 1. The first-order valence-corrected chi connectivity index (χ1v) is 7.43. The summed E-state index contributed by atoms with van der Waals surface area (Å²) in [7, 11) is 0. The Morgan fingerprint density at radius 1 is 1.11 bits per heavy atom. The maximum atomic E-state index is 13.3. The van der Waals surface area contributed by atoms with Crippen LogP contribution in [0.15, 0.2) is 18.2 Å². The lowest BCUT2D eigenvalue weighted by Crippen LogP contribution is -2.43. The highest BCUT2D eigenvalue weighted by Crippen LogP contribution is 2.44. The summed E-state index contributed by atoms with van der Waals surface area (Å²) in [6, 6.07) is 4.63. The van der Waals surface area contributed by atoms with E-state index in [9.17, 15) is 4.39 Å². The van der Waals surface area contributed by atoms with E-state index < -0.39 is 0 Å². The van der Waals surface area contributed by atoms with Gasteiger partial charge in [-0.1, -0.05) is 19.3 Å². The zero-order chi connectivity index (χ0) is 13.3. The Hall–Kier alpha value is -1.09. The van der Waals surface area contributed by atoms with Crippen molar-refractivity contribution in [2.24, 2.45) is 5.73 Å². The first-order valence-electron chi connectivity index (χ1n) is 7.43. The Kier molecular flexibility index (Phi) is 3.48. The molecule has 1 aromatic rings. The standard InChI is InChI=1S/C16H22FNO/c17-12-6-7-15-13(10-12)14(18)11-16(19-15)8-4-2-1-3-5-9-16/h6-7,10,14H,1-5,8-9,11,18H2. The number of rotatable bonds is 0. The third-order valence-electron chi connectivity index (χ3n) is 4.55. The molecule has 2 aliphatic rings. The van der Waals surface area contributed by atoms with Crippen LogP contribution in [0.5, 0.6) is 5.75 Å². The van der Waals surface area contributed by atoms with Crippen molar-refractivity contribution in [3.63, 3.8) is 0 Å². The highest BCUT2D eigenvalue weighted by molar-refractivity contribution is 5.39. The van der Waals surface area contributed by atoms with Crippen LogP contribution in [0, 0.1) is 5.82 Å². The Morgan fingerprint density at radius 3 is 2.53 bits per heavy atom. The molecule has 2 N–H and O–H groups in total. The highest BCUT2D eigenvalue weighted by atomic mass is 19.1. The summed E-state index contributed by atoms with van der Waals surface area (Å²) in [6.07, 6.45) is 9.32. The van der Waals surface area contributed by atoms with Crippen molar-refractivity contribution < 1.29 is 9.13 Å². The van der Waals surface area contributed by atoms with Crippen LogP contribution in [0.1, 0.15) is 63.0 Å². The molecule has 0 bridgehead atoms. The molecule has 3 heteroatoms. The van der Waals surface area contributed by atoms with Crippen LogP contribution in [-0.4, -0.2) is 5.60 Å². The highest BCUT2D eigenvalue weighted by Gasteiger charge is 2.39. The zero-order valence-electron chi connectivity index (χ0n) is 11.3. The van der Waals surface area contributed by atoms with Gasteiger partial charge in [0.2, 0.25) is 0 Å². The molecule has 0 amide bonds. The molecular weight excluding hydrogens is 241 g/mol. The van der Waals surface area contributed by atoms with E-state index in [1.807, 2.05) is 0 Å². The summed E-state index contributed by atoms with van der Waals surface area (Å²) in [5.41, 5.74) is 6.98. The predicted octanol–water partition coefficient (Wildman–Crippen LogP) is 4.09. The molecule has 2 nitrogen and oxygen atoms in total. The fourth-order valence-corrected chi connectivity index (χ4v) is 3.54. The predicted molar refractivity (Wildman–Crippen MR) is 73.6 cm³/mol. The molecule has 1 aliphatic carbocycles. The molecule has 1 spiro atoms. The lowest BCUT2D eigenvalue weighted by molar-refractivity contribution is 0.0111. The number of nitrogens with two attached hydrogens (primary N) is 1. The molecule has 1 fully saturated rings. The molecule has 1 heterocycles. The number of halogens is 1. The first-order chi connectivity index (χ1) is 9.19. The van der Waals surface area contributed by atoms with E-state index in [-0.39, 0.29) is 17.5 Å². The van der Waals surface area contributed by atoms with Gasteiger partial charge in [-0.2, -0.15) is 0 Å². The summed E-state index contributed by atoms with van der Waals surface area (Å²) in [6.45, 7) is 0. The lowest BCUT2D eigenvalue weighted by Gasteiger charge is -2.42. The minimum Gasteiger partial charge on any atom is -0.487 e. The molecule has 0 radical (unpaired) electrons. The quantitative estimate of drug-likeness (QED) is 0.765. The maximum Gasteiger partial charge on any atom is 0.125 e. The van der Waals surface area contributed by atoms with Crippen LogP contribution < -0.4 is 10.5 Å². The molecule has 1 unspecified atom stereocenters. The van der Waals surface area contributed by atoms with Gasteiger partial charge in [-0.25, -0.2) is 4.39 Å². The van der Waals surface area contributed by atoms with Gasteiger partial charge in [0.1, 0.15) is 17.2 Å². The van der Waals surface area contributed by atoms with Crippen LogP contribution in [0.3, 0.4) is 0 Å². The largest absolute Gasteiger partial charge is 0.487 e. The molecule has 1 aliphatic heterocycles. The second-order valence-corrected chi connectivity index (χ2v) is 6.05. The van der Waals surface area contributed by atoms with Gasteiger partial charge in [-0.15, -0.1) is 0 Å². The zero-order valence-corrected chi connectivity index (χ0v) is 11.3. The second kappa shape index (κ2) is 5.12. The third-order valence-corrected chi connectivity index (χ3v) is 4.55. The SMILES string of the molecule is NC1CC2(CCCCCCC2)Oc2ccc(F)cc21. The fourth-order valence-electron chi connectivity index (χ4n) is 3.54. The fraction of sp³-hybridized carbons (Fsp3) is 0.625. The van der Waals surface area contributed by atoms with Crippen molar-refractivity contribution in [1.29, 1.82) is 0 Å². The van der Waals surface area contributed by atoms with Crippen LogP contribution >= 0.6 is 0 Å². The smallest absolute Gasteiger partial charge is 0.125 e. The minimum absolute atomic E-state index is 0.0983. The van der Waals surface area contributed by atoms with Crippen molar-refractivity contribution >= 4 is 0 Å². The third kappa shape index (κ3) is 2.62. The molecule has 1 aromatic carbocycles. The monoisotopic (exact) mass is 263 g/mol. The molecule has 3 rings (SSSR count). The van der Waals surface area contributed by atoms with E-state index in [0.29, 0.717) is 0 Å². The van der Waals surface area contributed by atoms with Gasteiger partial charge in [0.15, 0.2) is 0 Å². The average molecular weight is 263 g/mol. The summed E-state index contributed by atoms with van der Waals surface area (Å²) in [4.78, 5) is 0. The van der Waals surface area contributed by atoms with Gasteiger partial charge in [0.05, 0.1) is 0 Å². The molecular formula is C16H22FNO. The average Bonchev–Trinajstić information content (AvgIpc) is 2.36. The van der Waals surface area contributed by atoms with Crippen LogP contribution in [0.25, 0.3) is 0 Å². The van der Waals surface area contributed by atoms with Gasteiger partial charge in [-0.3, -0.25) is 0 Å². The summed E-state index contributed by atoms with van der Waals surface area (Å²) in [5, 5.41) is 0. The van der Waals surface area contributed by atoms with E-state index >= 15 is 0 Å². The molecule has 104 valence electrons. The van der Waals surface area contributed by atoms with E-state index in [4.69, 9.17) is 10.5 Å². The van der Waals surface area contributed by atoms with E-state index in [0.717, 1.165) is 30.6 Å². The van der Waals surface area contributed by atoms with Gasteiger partial charge in [0, 0.05) is 18.0 Å². The number of hydrogen-bond donors (Lipinski definition) is 1. The summed E-state index contributed by atoms with van der Waals surface area (Å²) < 4.78 is 19.6. The number of hydrogen-bond acceptors (Lipinski definition) is 2. The van der Waals surface area contributed by atoms with Crippen molar-refractivity contribution in [2.75, 3.05) is 0 Å². The Morgan fingerprint density at radius 2 is 1.79 bits per heavy atom. The van der Waals surface area contributed by atoms with E-state index in [1.165, 1.54) is 44.2 Å². The van der Waals surface area contributed by atoms with Gasteiger partial charge >= 0.3 is 0 Å². The molecule has 1 atom stereocenters. The molecule has 0 aromatic heterocycles. The maximum absolute atomic E-state index is 13.3. The van der Waals surface area contributed by atoms with Crippen LogP contribution in [-0.2, 0) is 0 Å².